The van der Waals surface area contributed by atoms with Gasteiger partial charge in [-0.3, -0.25) is 4.79 Å². The van der Waals surface area contributed by atoms with Crippen LogP contribution in [-0.4, -0.2) is 26.3 Å². The minimum Gasteiger partial charge on any atom is -0.497 e. The van der Waals surface area contributed by atoms with E-state index in [1.807, 2.05) is 60.7 Å². The van der Waals surface area contributed by atoms with E-state index in [1.165, 1.54) is 0 Å². The molecule has 0 spiro atoms. The summed E-state index contributed by atoms with van der Waals surface area (Å²) in [5.41, 5.74) is 4.37. The first-order valence-electron chi connectivity index (χ1n) is 8.22. The maximum absolute atomic E-state index is 12.0. The summed E-state index contributed by atoms with van der Waals surface area (Å²) in [5, 5.41) is 6.10. The molecule has 3 aromatic carbocycles. The molecule has 0 aliphatic rings. The van der Waals surface area contributed by atoms with Gasteiger partial charge in [0.1, 0.15) is 11.5 Å². The van der Waals surface area contributed by atoms with Gasteiger partial charge in [0.15, 0.2) is 0 Å². The normalized spacial score (nSPS) is 10.8. The SMILES string of the molecule is COc1ccc(CC(=O)N/N=C/c2ccc(OC)c3ccccc23)cc1. The first-order valence-corrected chi connectivity index (χ1v) is 8.22. The third-order valence-electron chi connectivity index (χ3n) is 4.05. The number of carbonyl (C=O) groups excluding carboxylic acids is 1. The highest BCUT2D eigenvalue weighted by Gasteiger charge is 2.05. The van der Waals surface area contributed by atoms with Gasteiger partial charge < -0.3 is 9.47 Å². The molecular weight excluding hydrogens is 328 g/mol. The lowest BCUT2D eigenvalue weighted by molar-refractivity contribution is -0.120. The molecule has 0 radical (unpaired) electrons. The second kappa shape index (κ2) is 8.16. The molecule has 1 amide bonds. The van der Waals surface area contributed by atoms with Gasteiger partial charge in [-0.05, 0) is 35.2 Å². The molecule has 0 fully saturated rings. The zero-order valence-corrected chi connectivity index (χ0v) is 14.7. The van der Waals surface area contributed by atoms with Crippen molar-refractivity contribution in [3.05, 3.63) is 71.8 Å². The molecule has 0 atom stereocenters. The van der Waals surface area contributed by atoms with E-state index in [9.17, 15) is 4.79 Å². The molecule has 0 aliphatic heterocycles. The maximum Gasteiger partial charge on any atom is 0.244 e. The largest absolute Gasteiger partial charge is 0.497 e. The molecule has 3 rings (SSSR count). The lowest BCUT2D eigenvalue weighted by Gasteiger charge is -2.07. The Labute approximate surface area is 152 Å². The molecule has 0 aromatic heterocycles. The van der Waals surface area contributed by atoms with Gasteiger partial charge in [-0.2, -0.15) is 5.10 Å². The molecule has 132 valence electrons. The fourth-order valence-corrected chi connectivity index (χ4v) is 2.73. The van der Waals surface area contributed by atoms with Crippen molar-refractivity contribution in [2.75, 3.05) is 14.2 Å². The highest BCUT2D eigenvalue weighted by Crippen LogP contribution is 2.27. The monoisotopic (exact) mass is 348 g/mol. The summed E-state index contributed by atoms with van der Waals surface area (Å²) in [5.74, 6) is 1.39. The van der Waals surface area contributed by atoms with Crippen LogP contribution in [-0.2, 0) is 11.2 Å². The average Bonchev–Trinajstić information content (AvgIpc) is 2.68. The fraction of sp³-hybridized carbons (Fsp3) is 0.143. The van der Waals surface area contributed by atoms with E-state index in [1.54, 1.807) is 20.4 Å². The zero-order valence-electron chi connectivity index (χ0n) is 14.7. The number of amides is 1. The summed E-state index contributed by atoms with van der Waals surface area (Å²) in [6, 6.07) is 19.1. The number of carbonyl (C=O) groups is 1. The highest BCUT2D eigenvalue weighted by atomic mass is 16.5. The summed E-state index contributed by atoms with van der Waals surface area (Å²) < 4.78 is 10.5. The summed E-state index contributed by atoms with van der Waals surface area (Å²) >= 11 is 0. The Morgan fingerprint density at radius 1 is 0.962 bits per heavy atom. The van der Waals surface area contributed by atoms with Gasteiger partial charge >= 0.3 is 0 Å². The van der Waals surface area contributed by atoms with Crippen LogP contribution in [0.15, 0.2) is 65.8 Å². The number of hydrogen-bond acceptors (Lipinski definition) is 4. The van der Waals surface area contributed by atoms with Crippen LogP contribution >= 0.6 is 0 Å². The maximum atomic E-state index is 12.0. The minimum atomic E-state index is -0.177. The van der Waals surface area contributed by atoms with E-state index >= 15 is 0 Å². The van der Waals surface area contributed by atoms with Crippen LogP contribution in [0.3, 0.4) is 0 Å². The van der Waals surface area contributed by atoms with Crippen molar-refractivity contribution in [3.8, 4) is 11.5 Å². The summed E-state index contributed by atoms with van der Waals surface area (Å²) in [4.78, 5) is 12.0. The molecule has 26 heavy (non-hydrogen) atoms. The summed E-state index contributed by atoms with van der Waals surface area (Å²) in [6.45, 7) is 0. The molecule has 5 heteroatoms. The Morgan fingerprint density at radius 2 is 1.69 bits per heavy atom. The number of hydrazone groups is 1. The molecule has 0 unspecified atom stereocenters. The van der Waals surface area contributed by atoms with Gasteiger partial charge in [0, 0.05) is 10.9 Å². The van der Waals surface area contributed by atoms with Gasteiger partial charge in [0.25, 0.3) is 0 Å². The van der Waals surface area contributed by atoms with Crippen molar-refractivity contribution < 1.29 is 14.3 Å². The number of fused-ring (bicyclic) bond motifs is 1. The Balaban J connectivity index is 1.68. The molecule has 0 heterocycles. The van der Waals surface area contributed by atoms with Gasteiger partial charge in [-0.1, -0.05) is 36.4 Å². The van der Waals surface area contributed by atoms with Crippen molar-refractivity contribution in [1.82, 2.24) is 5.43 Å². The van der Waals surface area contributed by atoms with E-state index in [2.05, 4.69) is 10.5 Å². The number of ether oxygens (including phenoxy) is 2. The third kappa shape index (κ3) is 4.00. The second-order valence-corrected chi connectivity index (χ2v) is 5.72. The Kier molecular flexibility index (Phi) is 5.49. The first kappa shape index (κ1) is 17.5. The first-order chi connectivity index (χ1) is 12.7. The number of nitrogens with one attached hydrogen (secondary N) is 1. The lowest BCUT2D eigenvalue weighted by Crippen LogP contribution is -2.19. The summed E-state index contributed by atoms with van der Waals surface area (Å²) in [6.07, 6.45) is 1.90. The van der Waals surface area contributed by atoms with Crippen molar-refractivity contribution in [2.45, 2.75) is 6.42 Å². The van der Waals surface area contributed by atoms with Crippen molar-refractivity contribution in [2.24, 2.45) is 5.10 Å². The van der Waals surface area contributed by atoms with Crippen LogP contribution in [0.1, 0.15) is 11.1 Å². The van der Waals surface area contributed by atoms with Gasteiger partial charge in [0.2, 0.25) is 5.91 Å². The molecule has 1 N–H and O–H groups in total. The number of rotatable bonds is 6. The smallest absolute Gasteiger partial charge is 0.244 e. The van der Waals surface area contributed by atoms with Crippen LogP contribution < -0.4 is 14.9 Å². The minimum absolute atomic E-state index is 0.177. The number of benzene rings is 3. The van der Waals surface area contributed by atoms with Crippen molar-refractivity contribution in [1.29, 1.82) is 0 Å². The molecule has 3 aromatic rings. The van der Waals surface area contributed by atoms with E-state index in [-0.39, 0.29) is 12.3 Å². The van der Waals surface area contributed by atoms with E-state index in [4.69, 9.17) is 9.47 Å². The lowest BCUT2D eigenvalue weighted by atomic mass is 10.0. The molecular formula is C21H20N2O3. The van der Waals surface area contributed by atoms with Crippen LogP contribution in [0.2, 0.25) is 0 Å². The Bertz CT molecular complexity index is 934. The molecule has 0 saturated heterocycles. The quantitative estimate of drug-likeness (QED) is 0.547. The molecule has 0 aliphatic carbocycles. The average molecular weight is 348 g/mol. The van der Waals surface area contributed by atoms with Crippen molar-refractivity contribution >= 4 is 22.9 Å². The van der Waals surface area contributed by atoms with Gasteiger partial charge in [-0.25, -0.2) is 5.43 Å². The van der Waals surface area contributed by atoms with Crippen molar-refractivity contribution in [3.63, 3.8) is 0 Å². The molecule has 0 bridgehead atoms. The molecule has 5 nitrogen and oxygen atoms in total. The van der Waals surface area contributed by atoms with E-state index < -0.39 is 0 Å². The molecule has 0 saturated carbocycles. The second-order valence-electron chi connectivity index (χ2n) is 5.72. The van der Waals surface area contributed by atoms with Crippen LogP contribution in [0.4, 0.5) is 0 Å². The van der Waals surface area contributed by atoms with Crippen LogP contribution in [0.5, 0.6) is 11.5 Å². The predicted molar refractivity (Wildman–Crippen MR) is 103 cm³/mol. The predicted octanol–water partition coefficient (Wildman–Crippen LogP) is 3.55. The number of hydrogen-bond donors (Lipinski definition) is 1. The van der Waals surface area contributed by atoms with Gasteiger partial charge in [-0.15, -0.1) is 0 Å². The van der Waals surface area contributed by atoms with E-state index in [0.717, 1.165) is 33.4 Å². The topological polar surface area (TPSA) is 59.9 Å². The Hall–Kier alpha value is -3.34. The standard InChI is InChI=1S/C21H20N2O3/c1-25-17-10-7-15(8-11-17)13-21(24)23-22-14-16-9-12-20(26-2)19-6-4-3-5-18(16)19/h3-12,14H,13H2,1-2H3,(H,23,24)/b22-14+. The number of methoxy groups -OCH3 is 2. The highest BCUT2D eigenvalue weighted by molar-refractivity contribution is 6.02. The van der Waals surface area contributed by atoms with Crippen LogP contribution in [0.25, 0.3) is 10.8 Å². The third-order valence-corrected chi connectivity index (χ3v) is 4.05. The summed E-state index contributed by atoms with van der Waals surface area (Å²) in [7, 11) is 3.26. The van der Waals surface area contributed by atoms with E-state index in [0.29, 0.717) is 0 Å². The zero-order chi connectivity index (χ0) is 18.4. The Morgan fingerprint density at radius 3 is 2.38 bits per heavy atom. The van der Waals surface area contributed by atoms with Gasteiger partial charge in [0.05, 0.1) is 26.9 Å². The number of nitrogens with zero attached hydrogens (tertiary/aromatic N) is 1. The van der Waals surface area contributed by atoms with Crippen LogP contribution in [0, 0.1) is 0 Å². The fourth-order valence-electron chi connectivity index (χ4n) is 2.73.